The summed E-state index contributed by atoms with van der Waals surface area (Å²) in [5.74, 6) is -0.472. The van der Waals surface area contributed by atoms with Crippen LogP contribution in [0.4, 0.5) is 0 Å². The fraction of sp³-hybridized carbons (Fsp3) is 0.391. The average molecular weight is 430 g/mol. The number of sulfonamides is 1. The number of nitrogens with zero attached hydrogens (tertiary/aromatic N) is 1. The molecule has 1 aliphatic carbocycles. The number of ketones is 1. The first kappa shape index (κ1) is 22.2. The standard InChI is InChI=1S/C23H27NO5S/c1-24(2)30(27,28)21-10-6-9-20(15-21)23(26)29-16-22(25)19-13-11-18(12-14-19)17-7-4-3-5-8-17/h6,9-15,17H,3-5,7-8,16H2,1-2H3. The van der Waals surface area contributed by atoms with Crippen LogP contribution in [0.3, 0.4) is 0 Å². The van der Waals surface area contributed by atoms with Crippen LogP contribution in [-0.4, -0.2) is 45.2 Å². The first-order valence-electron chi connectivity index (χ1n) is 10.1. The van der Waals surface area contributed by atoms with Crippen LogP contribution in [0.1, 0.15) is 64.3 Å². The largest absolute Gasteiger partial charge is 0.454 e. The molecule has 0 atom stereocenters. The molecule has 0 aliphatic heterocycles. The van der Waals surface area contributed by atoms with Crippen LogP contribution in [0.25, 0.3) is 0 Å². The van der Waals surface area contributed by atoms with Gasteiger partial charge in [0.15, 0.2) is 12.4 Å². The molecular formula is C23H27NO5S. The molecule has 1 saturated carbocycles. The molecule has 0 N–H and O–H groups in total. The molecule has 160 valence electrons. The Morgan fingerprint density at radius 2 is 1.63 bits per heavy atom. The highest BCUT2D eigenvalue weighted by molar-refractivity contribution is 7.89. The summed E-state index contributed by atoms with van der Waals surface area (Å²) in [4.78, 5) is 24.7. The number of benzene rings is 2. The SMILES string of the molecule is CN(C)S(=O)(=O)c1cccc(C(=O)OCC(=O)c2ccc(C3CCCCC3)cc2)c1. The first-order chi connectivity index (χ1) is 14.3. The molecule has 2 aromatic rings. The Balaban J connectivity index is 1.61. The second-order valence-electron chi connectivity index (χ2n) is 7.77. The van der Waals surface area contributed by atoms with Gasteiger partial charge < -0.3 is 4.74 Å². The Kier molecular flexibility index (Phi) is 7.05. The highest BCUT2D eigenvalue weighted by Gasteiger charge is 2.20. The van der Waals surface area contributed by atoms with Crippen LogP contribution in [0.2, 0.25) is 0 Å². The van der Waals surface area contributed by atoms with E-state index in [0.717, 1.165) is 4.31 Å². The van der Waals surface area contributed by atoms with E-state index in [0.29, 0.717) is 11.5 Å². The zero-order valence-electron chi connectivity index (χ0n) is 17.3. The first-order valence-corrected chi connectivity index (χ1v) is 11.6. The summed E-state index contributed by atoms with van der Waals surface area (Å²) in [5.41, 5.74) is 1.83. The summed E-state index contributed by atoms with van der Waals surface area (Å²) in [6.07, 6.45) is 6.17. The van der Waals surface area contributed by atoms with E-state index in [1.807, 2.05) is 12.1 Å². The van der Waals surface area contributed by atoms with Gasteiger partial charge in [-0.1, -0.05) is 49.6 Å². The molecule has 1 fully saturated rings. The number of ether oxygens (including phenoxy) is 1. The fourth-order valence-electron chi connectivity index (χ4n) is 3.67. The van der Waals surface area contributed by atoms with Gasteiger partial charge in [0.05, 0.1) is 10.5 Å². The smallest absolute Gasteiger partial charge is 0.338 e. The molecule has 1 aliphatic rings. The highest BCUT2D eigenvalue weighted by atomic mass is 32.2. The van der Waals surface area contributed by atoms with E-state index in [1.54, 1.807) is 12.1 Å². The van der Waals surface area contributed by atoms with E-state index in [4.69, 9.17) is 4.74 Å². The van der Waals surface area contributed by atoms with Gasteiger partial charge in [0.2, 0.25) is 10.0 Å². The molecule has 6 nitrogen and oxygen atoms in total. The van der Waals surface area contributed by atoms with E-state index in [1.165, 1.54) is 76.0 Å². The van der Waals surface area contributed by atoms with Gasteiger partial charge in [-0.15, -0.1) is 0 Å². The van der Waals surface area contributed by atoms with Crippen molar-refractivity contribution >= 4 is 21.8 Å². The van der Waals surface area contributed by atoms with Crippen molar-refractivity contribution in [3.8, 4) is 0 Å². The quantitative estimate of drug-likeness (QED) is 0.490. The Morgan fingerprint density at radius 3 is 2.27 bits per heavy atom. The molecule has 0 spiro atoms. The summed E-state index contributed by atoms with van der Waals surface area (Å²) < 4.78 is 30.6. The van der Waals surface area contributed by atoms with Gasteiger partial charge in [-0.2, -0.15) is 0 Å². The molecule has 0 aromatic heterocycles. The van der Waals surface area contributed by atoms with Crippen LogP contribution < -0.4 is 0 Å². The Hall–Kier alpha value is -2.51. The minimum absolute atomic E-state index is 0.00780. The van der Waals surface area contributed by atoms with Gasteiger partial charge in [0, 0.05) is 19.7 Å². The van der Waals surface area contributed by atoms with Crippen LogP contribution in [0.5, 0.6) is 0 Å². The number of hydrogen-bond acceptors (Lipinski definition) is 5. The van der Waals surface area contributed by atoms with Gasteiger partial charge >= 0.3 is 5.97 Å². The normalized spacial score (nSPS) is 15.2. The molecule has 7 heteroatoms. The van der Waals surface area contributed by atoms with Crippen LogP contribution in [0.15, 0.2) is 53.4 Å². The van der Waals surface area contributed by atoms with Crippen molar-refractivity contribution in [2.45, 2.75) is 42.9 Å². The lowest BCUT2D eigenvalue weighted by molar-refractivity contribution is 0.0474. The van der Waals surface area contributed by atoms with Crippen LogP contribution in [0, 0.1) is 0 Å². The third kappa shape index (κ3) is 5.15. The van der Waals surface area contributed by atoms with E-state index < -0.39 is 22.6 Å². The molecule has 0 radical (unpaired) electrons. The summed E-state index contributed by atoms with van der Waals surface area (Å²) >= 11 is 0. The Morgan fingerprint density at radius 1 is 0.967 bits per heavy atom. The van der Waals surface area contributed by atoms with Crippen molar-refractivity contribution in [3.05, 3.63) is 65.2 Å². The average Bonchev–Trinajstić information content (AvgIpc) is 2.78. The molecular weight excluding hydrogens is 402 g/mol. The van der Waals surface area contributed by atoms with Crippen LogP contribution in [-0.2, 0) is 14.8 Å². The Labute approximate surface area is 177 Å². The predicted molar refractivity (Wildman–Crippen MR) is 114 cm³/mol. The molecule has 0 bridgehead atoms. The lowest BCUT2D eigenvalue weighted by atomic mass is 9.84. The van der Waals surface area contributed by atoms with Gasteiger partial charge in [0.25, 0.3) is 0 Å². The topological polar surface area (TPSA) is 80.8 Å². The zero-order valence-corrected chi connectivity index (χ0v) is 18.2. The Bertz CT molecular complexity index is 1010. The monoisotopic (exact) mass is 429 g/mol. The fourth-order valence-corrected chi connectivity index (χ4v) is 4.62. The van der Waals surface area contributed by atoms with Gasteiger partial charge in [-0.3, -0.25) is 4.79 Å². The second kappa shape index (κ2) is 9.53. The van der Waals surface area contributed by atoms with E-state index in [2.05, 4.69) is 0 Å². The highest BCUT2D eigenvalue weighted by Crippen LogP contribution is 2.32. The minimum Gasteiger partial charge on any atom is -0.454 e. The second-order valence-corrected chi connectivity index (χ2v) is 9.92. The number of hydrogen-bond donors (Lipinski definition) is 0. The van der Waals surface area contributed by atoms with Gasteiger partial charge in [0.1, 0.15) is 0 Å². The number of carbonyl (C=O) groups is 2. The van der Waals surface area contributed by atoms with Gasteiger partial charge in [-0.05, 0) is 42.5 Å². The van der Waals surface area contributed by atoms with Crippen molar-refractivity contribution in [1.82, 2.24) is 4.31 Å². The summed E-state index contributed by atoms with van der Waals surface area (Å²) in [6, 6.07) is 13.1. The van der Waals surface area contributed by atoms with E-state index >= 15 is 0 Å². The van der Waals surface area contributed by atoms with Crippen molar-refractivity contribution in [2.24, 2.45) is 0 Å². The zero-order chi connectivity index (χ0) is 21.7. The summed E-state index contributed by atoms with van der Waals surface area (Å²) in [6.45, 7) is -0.397. The predicted octanol–water partition coefficient (Wildman–Crippen LogP) is 4.02. The summed E-state index contributed by atoms with van der Waals surface area (Å²) in [5, 5.41) is 0. The molecule has 30 heavy (non-hydrogen) atoms. The van der Waals surface area contributed by atoms with Crippen molar-refractivity contribution in [3.63, 3.8) is 0 Å². The molecule has 3 rings (SSSR count). The third-order valence-electron chi connectivity index (χ3n) is 5.49. The maximum Gasteiger partial charge on any atom is 0.338 e. The van der Waals surface area contributed by atoms with Crippen molar-refractivity contribution < 1.29 is 22.7 Å². The minimum atomic E-state index is -3.66. The maximum atomic E-state index is 12.4. The number of esters is 1. The van der Waals surface area contributed by atoms with Gasteiger partial charge in [-0.25, -0.2) is 17.5 Å². The van der Waals surface area contributed by atoms with E-state index in [-0.39, 0.29) is 16.2 Å². The molecule has 0 amide bonds. The number of Topliss-reactive ketones (excluding diaryl/α,β-unsaturated/α-hetero) is 1. The lowest BCUT2D eigenvalue weighted by Gasteiger charge is -2.22. The molecule has 0 saturated heterocycles. The summed E-state index contributed by atoms with van der Waals surface area (Å²) in [7, 11) is -0.832. The maximum absolute atomic E-state index is 12.4. The lowest BCUT2D eigenvalue weighted by Crippen LogP contribution is -2.22. The molecule has 0 unspecified atom stereocenters. The van der Waals surface area contributed by atoms with E-state index in [9.17, 15) is 18.0 Å². The number of rotatable bonds is 7. The van der Waals surface area contributed by atoms with Crippen LogP contribution >= 0.6 is 0 Å². The van der Waals surface area contributed by atoms with Crippen molar-refractivity contribution in [1.29, 1.82) is 0 Å². The number of carbonyl (C=O) groups excluding carboxylic acids is 2. The van der Waals surface area contributed by atoms with Crippen molar-refractivity contribution in [2.75, 3.05) is 20.7 Å². The molecule has 0 heterocycles. The molecule has 2 aromatic carbocycles. The third-order valence-corrected chi connectivity index (χ3v) is 7.30.